The second-order valence-electron chi connectivity index (χ2n) is 7.79. The van der Waals surface area contributed by atoms with Crippen LogP contribution >= 0.6 is 0 Å². The van der Waals surface area contributed by atoms with Crippen molar-refractivity contribution in [1.29, 1.82) is 0 Å². The van der Waals surface area contributed by atoms with Gasteiger partial charge in [0.15, 0.2) is 0 Å². The van der Waals surface area contributed by atoms with E-state index >= 15 is 0 Å². The lowest BCUT2D eigenvalue weighted by Crippen LogP contribution is -2.38. The van der Waals surface area contributed by atoms with Crippen LogP contribution in [0, 0.1) is 0 Å². The van der Waals surface area contributed by atoms with Crippen LogP contribution in [0.25, 0.3) is 0 Å². The number of rotatable bonds is 22. The molecule has 0 aromatic rings. The molecule has 0 atom stereocenters. The highest BCUT2D eigenvalue weighted by molar-refractivity contribution is 4.51. The quantitative estimate of drug-likeness (QED) is 0.114. The topological polar surface area (TPSA) is 50.1 Å². The Bertz CT molecular complexity index is 199. The van der Waals surface area contributed by atoms with Crippen LogP contribution in [-0.4, -0.2) is 6.54 Å². The van der Waals surface area contributed by atoms with Crippen LogP contribution in [0.15, 0.2) is 0 Å². The lowest BCUT2D eigenvalue weighted by molar-refractivity contribution is 0.502. The van der Waals surface area contributed by atoms with Gasteiger partial charge in [0.05, 0.1) is 0 Å². The minimum atomic E-state index is 0.982. The molecule has 4 N–H and O–H groups in total. The van der Waals surface area contributed by atoms with Gasteiger partial charge in [-0.2, -0.15) is 5.53 Å². The molecule has 0 aliphatic heterocycles. The van der Waals surface area contributed by atoms with Crippen molar-refractivity contribution in [3.05, 3.63) is 0 Å². The maximum atomic E-state index is 5.15. The Hall–Kier alpha value is -0.120. The summed E-state index contributed by atoms with van der Waals surface area (Å²) in [7, 11) is 0. The van der Waals surface area contributed by atoms with Gasteiger partial charge >= 0.3 is 0 Å². The van der Waals surface area contributed by atoms with E-state index in [1.54, 1.807) is 0 Å². The Morgan fingerprint density at radius 3 is 1.00 bits per heavy atom. The Labute approximate surface area is 159 Å². The lowest BCUT2D eigenvalue weighted by atomic mass is 10.0. The summed E-state index contributed by atoms with van der Waals surface area (Å²) in [6.07, 6.45) is 28.7. The first-order valence-electron chi connectivity index (χ1n) is 11.6. The van der Waals surface area contributed by atoms with Gasteiger partial charge in [0, 0.05) is 6.54 Å². The zero-order valence-corrected chi connectivity index (χ0v) is 17.4. The van der Waals surface area contributed by atoms with Crippen LogP contribution in [0.2, 0.25) is 0 Å². The van der Waals surface area contributed by atoms with E-state index in [1.807, 2.05) is 0 Å². The second kappa shape index (κ2) is 23.9. The fourth-order valence-electron chi connectivity index (χ4n) is 3.54. The standard InChI is InChI=1S/C22H49N3/c1-2-3-4-5-6-7-8-9-10-11-12-13-14-15-16-17-18-19-20-21-22-24-25-23/h24-25H,2-23H2,1H3. The first-order valence-corrected chi connectivity index (χ1v) is 11.6. The number of unbranched alkanes of at least 4 members (excludes halogenated alkanes) is 19. The average molecular weight is 356 g/mol. The Balaban J connectivity index is 2.94. The van der Waals surface area contributed by atoms with Gasteiger partial charge in [-0.05, 0) is 6.42 Å². The van der Waals surface area contributed by atoms with E-state index in [0.717, 1.165) is 6.54 Å². The normalized spacial score (nSPS) is 11.3. The minimum Gasteiger partial charge on any atom is -0.258 e. The summed E-state index contributed by atoms with van der Waals surface area (Å²) >= 11 is 0. The molecule has 0 saturated heterocycles. The molecule has 0 radical (unpaired) electrons. The first-order chi connectivity index (χ1) is 12.4. The molecule has 0 aromatic heterocycles. The fourth-order valence-corrected chi connectivity index (χ4v) is 3.54. The van der Waals surface area contributed by atoms with Gasteiger partial charge in [-0.3, -0.25) is 5.84 Å². The van der Waals surface area contributed by atoms with E-state index < -0.39 is 0 Å². The predicted octanol–water partition coefficient (Wildman–Crippen LogP) is 6.78. The summed E-state index contributed by atoms with van der Waals surface area (Å²) in [5, 5.41) is 0. The van der Waals surface area contributed by atoms with Crippen molar-refractivity contribution in [1.82, 2.24) is 11.0 Å². The van der Waals surface area contributed by atoms with E-state index in [9.17, 15) is 0 Å². The Kier molecular flexibility index (Phi) is 23.8. The number of hydrogen-bond donors (Lipinski definition) is 3. The monoisotopic (exact) mass is 355 g/mol. The van der Waals surface area contributed by atoms with Crippen molar-refractivity contribution in [3.8, 4) is 0 Å². The van der Waals surface area contributed by atoms with Crippen LogP contribution in [0.3, 0.4) is 0 Å². The summed E-state index contributed by atoms with van der Waals surface area (Å²) in [6, 6.07) is 0. The Morgan fingerprint density at radius 2 is 0.720 bits per heavy atom. The van der Waals surface area contributed by atoms with Gasteiger partial charge in [-0.15, -0.1) is 0 Å². The van der Waals surface area contributed by atoms with Crippen molar-refractivity contribution in [2.45, 2.75) is 135 Å². The lowest BCUT2D eigenvalue weighted by Gasteiger charge is -2.04. The van der Waals surface area contributed by atoms with Crippen molar-refractivity contribution >= 4 is 0 Å². The van der Waals surface area contributed by atoms with Crippen LogP contribution < -0.4 is 16.8 Å². The van der Waals surface area contributed by atoms with Gasteiger partial charge in [0.25, 0.3) is 0 Å². The molecule has 0 spiro atoms. The largest absolute Gasteiger partial charge is 0.258 e. The molecule has 0 aliphatic carbocycles. The van der Waals surface area contributed by atoms with Crippen molar-refractivity contribution in [2.75, 3.05) is 6.54 Å². The smallest absolute Gasteiger partial charge is 0.0113 e. The molecule has 0 amide bonds. The number of hydrogen-bond acceptors (Lipinski definition) is 3. The van der Waals surface area contributed by atoms with E-state index in [1.165, 1.54) is 128 Å². The summed E-state index contributed by atoms with van der Waals surface area (Å²) < 4.78 is 0. The zero-order chi connectivity index (χ0) is 18.3. The minimum absolute atomic E-state index is 0.982. The second-order valence-corrected chi connectivity index (χ2v) is 7.79. The maximum Gasteiger partial charge on any atom is 0.0113 e. The first kappa shape index (κ1) is 24.9. The molecule has 0 aliphatic rings. The molecule has 0 heterocycles. The highest BCUT2D eigenvalue weighted by Crippen LogP contribution is 2.14. The molecule has 3 heteroatoms. The highest BCUT2D eigenvalue weighted by Gasteiger charge is 1.95. The molecule has 3 nitrogen and oxygen atoms in total. The van der Waals surface area contributed by atoms with Gasteiger partial charge in [0.1, 0.15) is 0 Å². The molecule has 25 heavy (non-hydrogen) atoms. The molecule has 0 unspecified atom stereocenters. The molecule has 0 aromatic carbocycles. The molecule has 0 rings (SSSR count). The predicted molar refractivity (Wildman–Crippen MR) is 113 cm³/mol. The fraction of sp³-hybridized carbons (Fsp3) is 1.00. The average Bonchev–Trinajstić information content (AvgIpc) is 2.63. The SMILES string of the molecule is CCCCCCCCCCCCCCCCCCCCCCNNN. The number of nitrogens with two attached hydrogens (primary N) is 1. The zero-order valence-electron chi connectivity index (χ0n) is 17.4. The van der Waals surface area contributed by atoms with Crippen molar-refractivity contribution < 1.29 is 0 Å². The molecular formula is C22H49N3. The summed E-state index contributed by atoms with van der Waals surface area (Å²) in [6.45, 7) is 3.28. The molecule has 0 saturated carbocycles. The molecule has 152 valence electrons. The summed E-state index contributed by atoms with van der Waals surface area (Å²) in [5.41, 5.74) is 5.41. The van der Waals surface area contributed by atoms with Crippen LogP contribution in [0.4, 0.5) is 0 Å². The third kappa shape index (κ3) is 23.9. The van der Waals surface area contributed by atoms with Crippen molar-refractivity contribution in [2.24, 2.45) is 5.84 Å². The van der Waals surface area contributed by atoms with E-state index in [2.05, 4.69) is 17.9 Å². The summed E-state index contributed by atoms with van der Waals surface area (Å²) in [4.78, 5) is 0. The van der Waals surface area contributed by atoms with E-state index in [4.69, 9.17) is 5.84 Å². The van der Waals surface area contributed by atoms with E-state index in [0.29, 0.717) is 0 Å². The van der Waals surface area contributed by atoms with Gasteiger partial charge in [-0.25, -0.2) is 5.43 Å². The number of hydrazine groups is 2. The van der Waals surface area contributed by atoms with Gasteiger partial charge in [-0.1, -0.05) is 129 Å². The maximum absolute atomic E-state index is 5.15. The summed E-state index contributed by atoms with van der Waals surface area (Å²) in [5.74, 6) is 5.15. The molecule has 0 bridgehead atoms. The van der Waals surface area contributed by atoms with Gasteiger partial charge in [0.2, 0.25) is 0 Å². The van der Waals surface area contributed by atoms with E-state index in [-0.39, 0.29) is 0 Å². The highest BCUT2D eigenvalue weighted by atomic mass is 15.5. The van der Waals surface area contributed by atoms with Crippen molar-refractivity contribution in [3.63, 3.8) is 0 Å². The third-order valence-electron chi connectivity index (χ3n) is 5.26. The van der Waals surface area contributed by atoms with Crippen LogP contribution in [-0.2, 0) is 0 Å². The molecule has 0 fully saturated rings. The number of nitrogens with one attached hydrogen (secondary N) is 2. The third-order valence-corrected chi connectivity index (χ3v) is 5.26. The molecular weight excluding hydrogens is 306 g/mol. The Morgan fingerprint density at radius 1 is 0.440 bits per heavy atom. The van der Waals surface area contributed by atoms with Gasteiger partial charge < -0.3 is 0 Å². The van der Waals surface area contributed by atoms with Crippen LogP contribution in [0.1, 0.15) is 135 Å². The van der Waals surface area contributed by atoms with Crippen LogP contribution in [0.5, 0.6) is 0 Å².